The summed E-state index contributed by atoms with van der Waals surface area (Å²) in [4.78, 5) is -0.0111. The predicted octanol–water partition coefficient (Wildman–Crippen LogP) is 2.01. The van der Waals surface area contributed by atoms with Crippen molar-refractivity contribution in [1.29, 1.82) is 0 Å². The molecule has 25 heavy (non-hydrogen) atoms. The molecule has 1 aromatic rings. The predicted molar refractivity (Wildman–Crippen MR) is 101 cm³/mol. The second-order valence-corrected chi connectivity index (χ2v) is 10.5. The van der Waals surface area contributed by atoms with Gasteiger partial charge in [-0.1, -0.05) is 25.8 Å². The molecule has 1 aliphatic rings. The Balaban J connectivity index is 0.00000312. The summed E-state index contributed by atoms with van der Waals surface area (Å²) >= 11 is 0. The topological polar surface area (TPSA) is 106 Å². The number of sulfone groups is 1. The summed E-state index contributed by atoms with van der Waals surface area (Å²) in [6, 6.07) is 4.17. The molecule has 1 fully saturated rings. The summed E-state index contributed by atoms with van der Waals surface area (Å²) in [6.07, 6.45) is 4.66. The Labute approximate surface area is 157 Å². The Hall–Kier alpha value is -0.670. The Bertz CT molecular complexity index is 825. The molecular weight excluding hydrogens is 384 g/mol. The average Bonchev–Trinajstić information content (AvgIpc) is 2.48. The molecule has 0 radical (unpaired) electrons. The van der Waals surface area contributed by atoms with Gasteiger partial charge < -0.3 is 5.73 Å². The second-order valence-electron chi connectivity index (χ2n) is 6.81. The minimum absolute atomic E-state index is 0. The SMILES string of the molecule is Cc1ccc(S(C)(=O)=O)cc1S(=O)(=O)NC1(CN)CCCCC1C.Cl. The van der Waals surface area contributed by atoms with Gasteiger partial charge in [-0.2, -0.15) is 0 Å². The van der Waals surface area contributed by atoms with Crippen molar-refractivity contribution in [3.8, 4) is 0 Å². The van der Waals surface area contributed by atoms with Crippen LogP contribution in [0.1, 0.15) is 38.2 Å². The molecule has 0 heterocycles. The highest BCUT2D eigenvalue weighted by Crippen LogP contribution is 2.34. The van der Waals surface area contributed by atoms with E-state index in [4.69, 9.17) is 5.73 Å². The van der Waals surface area contributed by atoms with Gasteiger partial charge in [0.1, 0.15) is 0 Å². The lowest BCUT2D eigenvalue weighted by atomic mass is 9.74. The molecule has 0 aliphatic heterocycles. The fraction of sp³-hybridized carbons (Fsp3) is 0.625. The number of benzene rings is 1. The van der Waals surface area contributed by atoms with Crippen LogP contribution in [0.4, 0.5) is 0 Å². The lowest BCUT2D eigenvalue weighted by molar-refractivity contribution is 0.191. The summed E-state index contributed by atoms with van der Waals surface area (Å²) in [5, 5.41) is 0. The maximum absolute atomic E-state index is 12.9. The van der Waals surface area contributed by atoms with E-state index in [2.05, 4.69) is 4.72 Å². The highest BCUT2D eigenvalue weighted by molar-refractivity contribution is 7.91. The number of halogens is 1. The highest BCUT2D eigenvalue weighted by atomic mass is 35.5. The van der Waals surface area contributed by atoms with Crippen molar-refractivity contribution < 1.29 is 16.8 Å². The number of rotatable bonds is 5. The minimum Gasteiger partial charge on any atom is -0.329 e. The molecule has 2 unspecified atom stereocenters. The first-order chi connectivity index (χ1) is 11.0. The fourth-order valence-electron chi connectivity index (χ4n) is 3.33. The van der Waals surface area contributed by atoms with Gasteiger partial charge in [-0.3, -0.25) is 0 Å². The van der Waals surface area contributed by atoms with Gasteiger partial charge >= 0.3 is 0 Å². The maximum atomic E-state index is 12.9. The number of hydrogen-bond acceptors (Lipinski definition) is 5. The third kappa shape index (κ3) is 4.74. The van der Waals surface area contributed by atoms with Crippen molar-refractivity contribution in [3.63, 3.8) is 0 Å². The zero-order valence-corrected chi connectivity index (χ0v) is 17.2. The van der Waals surface area contributed by atoms with Crippen molar-refractivity contribution in [1.82, 2.24) is 4.72 Å². The first-order valence-electron chi connectivity index (χ1n) is 8.06. The van der Waals surface area contributed by atoms with E-state index in [1.807, 2.05) is 6.92 Å². The van der Waals surface area contributed by atoms with Gasteiger partial charge in [0.05, 0.1) is 9.79 Å². The van der Waals surface area contributed by atoms with E-state index in [1.165, 1.54) is 18.2 Å². The third-order valence-electron chi connectivity index (χ3n) is 5.03. The molecule has 0 amide bonds. The summed E-state index contributed by atoms with van der Waals surface area (Å²) in [6.45, 7) is 3.88. The first-order valence-corrected chi connectivity index (χ1v) is 11.4. The zero-order chi connectivity index (χ0) is 18.2. The lowest BCUT2D eigenvalue weighted by Gasteiger charge is -2.42. The summed E-state index contributed by atoms with van der Waals surface area (Å²) < 4.78 is 52.2. The number of aryl methyl sites for hydroxylation is 1. The van der Waals surface area contributed by atoms with E-state index < -0.39 is 25.4 Å². The van der Waals surface area contributed by atoms with Crippen LogP contribution < -0.4 is 10.5 Å². The summed E-state index contributed by atoms with van der Waals surface area (Å²) in [7, 11) is -7.36. The van der Waals surface area contributed by atoms with Crippen molar-refractivity contribution in [2.75, 3.05) is 12.8 Å². The van der Waals surface area contributed by atoms with Crippen LogP contribution >= 0.6 is 12.4 Å². The largest absolute Gasteiger partial charge is 0.329 e. The van der Waals surface area contributed by atoms with Gasteiger partial charge in [-0.25, -0.2) is 21.6 Å². The Morgan fingerprint density at radius 1 is 1.24 bits per heavy atom. The molecule has 1 saturated carbocycles. The van der Waals surface area contributed by atoms with E-state index in [0.717, 1.165) is 25.5 Å². The Kier molecular flexibility index (Phi) is 7.09. The van der Waals surface area contributed by atoms with Crippen LogP contribution in [0, 0.1) is 12.8 Å². The molecule has 2 rings (SSSR count). The van der Waals surface area contributed by atoms with Gasteiger partial charge in [0.2, 0.25) is 10.0 Å². The van der Waals surface area contributed by atoms with Crippen LogP contribution in [0.25, 0.3) is 0 Å². The van der Waals surface area contributed by atoms with E-state index in [-0.39, 0.29) is 34.7 Å². The lowest BCUT2D eigenvalue weighted by Crippen LogP contribution is -2.59. The van der Waals surface area contributed by atoms with Crippen LogP contribution in [0.15, 0.2) is 28.0 Å². The van der Waals surface area contributed by atoms with Crippen LogP contribution in [-0.2, 0) is 19.9 Å². The van der Waals surface area contributed by atoms with E-state index >= 15 is 0 Å². The van der Waals surface area contributed by atoms with Crippen LogP contribution in [0.2, 0.25) is 0 Å². The van der Waals surface area contributed by atoms with Crippen molar-refractivity contribution in [2.45, 2.75) is 54.9 Å². The zero-order valence-electron chi connectivity index (χ0n) is 14.8. The number of nitrogens with two attached hydrogens (primary N) is 1. The fourth-order valence-corrected chi connectivity index (χ4v) is 5.86. The van der Waals surface area contributed by atoms with Crippen LogP contribution in [0.3, 0.4) is 0 Å². The molecule has 1 aliphatic carbocycles. The van der Waals surface area contributed by atoms with Crippen molar-refractivity contribution >= 4 is 32.3 Å². The van der Waals surface area contributed by atoms with Gasteiger partial charge in [-0.15, -0.1) is 12.4 Å². The molecule has 0 aromatic heterocycles. The van der Waals surface area contributed by atoms with Gasteiger partial charge in [0, 0.05) is 18.3 Å². The molecule has 6 nitrogen and oxygen atoms in total. The molecule has 3 N–H and O–H groups in total. The molecule has 9 heteroatoms. The van der Waals surface area contributed by atoms with Gasteiger partial charge in [-0.05, 0) is 43.4 Å². The quantitative estimate of drug-likeness (QED) is 0.772. The number of sulfonamides is 1. The third-order valence-corrected chi connectivity index (χ3v) is 7.84. The number of hydrogen-bond donors (Lipinski definition) is 2. The standard InChI is InChI=1S/C16H26N2O4S2.ClH/c1-12-7-8-14(23(3,19)20)10-15(12)24(21,22)18-16(11-17)9-5-4-6-13(16)2;/h7-8,10,13,18H,4-6,9,11,17H2,1-3H3;1H. The molecule has 0 spiro atoms. The van der Waals surface area contributed by atoms with E-state index in [9.17, 15) is 16.8 Å². The normalized spacial score (nSPS) is 24.6. The molecule has 2 atom stereocenters. The molecule has 0 saturated heterocycles. The monoisotopic (exact) mass is 410 g/mol. The summed E-state index contributed by atoms with van der Waals surface area (Å²) in [5.74, 6) is 0.129. The molecule has 144 valence electrons. The minimum atomic E-state index is -3.87. The van der Waals surface area contributed by atoms with Crippen LogP contribution in [-0.4, -0.2) is 35.2 Å². The number of nitrogens with one attached hydrogen (secondary N) is 1. The van der Waals surface area contributed by atoms with E-state index in [1.54, 1.807) is 6.92 Å². The highest BCUT2D eigenvalue weighted by Gasteiger charge is 2.41. The Morgan fingerprint density at radius 2 is 1.88 bits per heavy atom. The molecule has 0 bridgehead atoms. The molecule has 1 aromatic carbocycles. The molecular formula is C16H27ClN2O4S2. The Morgan fingerprint density at radius 3 is 2.40 bits per heavy atom. The van der Waals surface area contributed by atoms with Gasteiger partial charge in [0.15, 0.2) is 9.84 Å². The van der Waals surface area contributed by atoms with Crippen LogP contribution in [0.5, 0.6) is 0 Å². The maximum Gasteiger partial charge on any atom is 0.241 e. The summed E-state index contributed by atoms with van der Waals surface area (Å²) in [5.41, 5.74) is 5.76. The second kappa shape index (κ2) is 7.92. The van der Waals surface area contributed by atoms with Gasteiger partial charge in [0.25, 0.3) is 0 Å². The average molecular weight is 411 g/mol. The van der Waals surface area contributed by atoms with Crippen molar-refractivity contribution in [3.05, 3.63) is 23.8 Å². The van der Waals surface area contributed by atoms with Crippen molar-refractivity contribution in [2.24, 2.45) is 11.7 Å². The van der Waals surface area contributed by atoms with E-state index in [0.29, 0.717) is 12.0 Å². The first kappa shape index (κ1) is 22.4. The smallest absolute Gasteiger partial charge is 0.241 e.